The molecule has 0 saturated carbocycles. The molecule has 0 aromatic rings. The van der Waals surface area contributed by atoms with Gasteiger partial charge >= 0.3 is 23.9 Å². The zero-order valence-electron chi connectivity index (χ0n) is 35.3. The van der Waals surface area contributed by atoms with Gasteiger partial charge in [-0.1, -0.05) is 41.0 Å². The van der Waals surface area contributed by atoms with Crippen LogP contribution in [0.25, 0.3) is 0 Å². The minimum atomic E-state index is -0.342. The highest BCUT2D eigenvalue weighted by atomic mass is 35.5. The van der Waals surface area contributed by atoms with Crippen molar-refractivity contribution in [3.63, 3.8) is 0 Å². The number of carbonyl (C=O) groups is 4. The van der Waals surface area contributed by atoms with E-state index in [1.807, 2.05) is 102 Å². The molecule has 11 heteroatoms. The normalized spacial score (nSPS) is 11.6. The molecule has 10 nitrogen and oxygen atoms in total. The van der Waals surface area contributed by atoms with Crippen molar-refractivity contribution in [2.24, 2.45) is 21.7 Å². The molecular weight excluding hydrogens is 648 g/mol. The highest BCUT2D eigenvalue weighted by molar-refractivity contribution is 5.76. The van der Waals surface area contributed by atoms with Gasteiger partial charge in [-0.3, -0.25) is 19.2 Å². The summed E-state index contributed by atoms with van der Waals surface area (Å²) in [6.45, 7) is 28.5. The predicted octanol–water partition coefficient (Wildman–Crippen LogP) is 4.56. The molecule has 0 atom stereocenters. The summed E-state index contributed by atoms with van der Waals surface area (Å²) in [5.74, 6) is -0.395. The third-order valence-electron chi connectivity index (χ3n) is 8.43. The number of likely N-dealkylation sites (N-methyl/N-ethyl adjacent to an activating group) is 2. The fourth-order valence-corrected chi connectivity index (χ4v) is 2.48. The highest BCUT2D eigenvalue weighted by Crippen LogP contribution is 2.23. The molecule has 0 amide bonds. The van der Waals surface area contributed by atoms with E-state index < -0.39 is 0 Å². The summed E-state index contributed by atoms with van der Waals surface area (Å²) in [5.41, 5.74) is -1.31. The molecule has 0 heterocycles. The molecule has 0 N–H and O–H groups in total. The zero-order chi connectivity index (χ0) is 39.0. The maximum Gasteiger partial charge on any atom is 0.311 e. The lowest BCUT2D eigenvalue weighted by molar-refractivity contribution is -0.870. The van der Waals surface area contributed by atoms with Gasteiger partial charge in [0.1, 0.15) is 19.8 Å². The van der Waals surface area contributed by atoms with Crippen molar-refractivity contribution in [3.05, 3.63) is 0 Å². The van der Waals surface area contributed by atoms with Crippen molar-refractivity contribution < 1.29 is 55.0 Å². The van der Waals surface area contributed by atoms with E-state index in [0.29, 0.717) is 19.8 Å². The molecule has 0 aromatic carbocycles. The van der Waals surface area contributed by atoms with Gasteiger partial charge in [-0.05, 0) is 102 Å². The molecule has 0 rings (SSSR count). The topological polar surface area (TPSA) is 108 Å². The van der Waals surface area contributed by atoms with Gasteiger partial charge in [0.25, 0.3) is 0 Å². The second-order valence-corrected chi connectivity index (χ2v) is 16.0. The van der Waals surface area contributed by atoms with Gasteiger partial charge in [-0.15, -0.1) is 0 Å². The number of esters is 4. The lowest BCUT2D eigenvalue weighted by atomic mass is 9.91. The molecule has 49 heavy (non-hydrogen) atoms. The lowest BCUT2D eigenvalue weighted by Crippen LogP contribution is -3.00. The highest BCUT2D eigenvalue weighted by Gasteiger charge is 2.29. The van der Waals surface area contributed by atoms with Crippen molar-refractivity contribution >= 4 is 23.9 Å². The van der Waals surface area contributed by atoms with Gasteiger partial charge in [0.05, 0.1) is 56.5 Å². The summed E-state index contributed by atoms with van der Waals surface area (Å²) in [4.78, 5) is 47.2. The molecule has 0 aromatic heterocycles. The Bertz CT molecular complexity index is 895. The van der Waals surface area contributed by atoms with Crippen molar-refractivity contribution in [3.8, 4) is 0 Å². The van der Waals surface area contributed by atoms with Crippen LogP contribution in [0.15, 0.2) is 0 Å². The van der Waals surface area contributed by atoms with Crippen LogP contribution < -0.4 is 12.4 Å². The molecule has 0 aliphatic rings. The number of ether oxygens (including phenoxy) is 4. The Morgan fingerprint density at radius 3 is 1.10 bits per heavy atom. The number of nitrogens with zero attached hydrogens (tertiary/aromatic N) is 2. The van der Waals surface area contributed by atoms with E-state index in [2.05, 4.69) is 32.8 Å². The zero-order valence-corrected chi connectivity index (χ0v) is 36.1. The Balaban J connectivity index is -0.000000176. The average molecular weight is 728 g/mol. The Hall–Kier alpha value is -1.91. The fourth-order valence-electron chi connectivity index (χ4n) is 2.48. The maximum absolute atomic E-state index is 11.6. The van der Waals surface area contributed by atoms with Crippen LogP contribution in [0.1, 0.15) is 129 Å². The minimum absolute atomic E-state index is 0. The first-order valence-corrected chi connectivity index (χ1v) is 17.7. The summed E-state index contributed by atoms with van der Waals surface area (Å²) in [6.07, 6.45) is 5.31. The third kappa shape index (κ3) is 30.6. The SMILES string of the molecule is CCC(C)(C)C(=O)OC.CCC(C)(C)C(=O)OCCN(C)C.CCC(C)(C)C(=O)OCC[N+](C)(C)C.CCCCOC(=O)C(C)(C)CC.[Cl-]. The molecule has 296 valence electrons. The van der Waals surface area contributed by atoms with Gasteiger partial charge in [-0.25, -0.2) is 0 Å². The number of quaternary nitrogens is 1. The first-order chi connectivity index (χ1) is 21.7. The number of halogens is 1. The van der Waals surface area contributed by atoms with Gasteiger partial charge in [-0.2, -0.15) is 0 Å². The maximum atomic E-state index is 11.6. The van der Waals surface area contributed by atoms with E-state index in [-0.39, 0.29) is 57.9 Å². The lowest BCUT2D eigenvalue weighted by Gasteiger charge is -2.25. The fraction of sp³-hybridized carbons (Fsp3) is 0.895. The van der Waals surface area contributed by atoms with E-state index in [0.717, 1.165) is 56.1 Å². The smallest absolute Gasteiger partial charge is 0.311 e. The standard InChI is InChI=1S/C11H24NO2.C10H21NO2.C10H20O2.C7H14O2.ClH/c1-7-11(2,3)10(13)14-9-8-12(4,5)6;1-6-10(2,3)9(12)13-8-7-11(4)5;1-5-7-8-12-9(11)10(3,4)6-2;1-5-7(2,3)6(8)9-4;/h7-9H2,1-6H3;6-8H2,1-5H3;5-8H2,1-4H3;5H2,1-4H3;1H/q+1;;;;/p-1. The molecule has 0 aliphatic heterocycles. The number of carbonyl (C=O) groups excluding carboxylic acids is 4. The van der Waals surface area contributed by atoms with Crippen molar-refractivity contribution in [1.29, 1.82) is 0 Å². The molecule has 0 aliphatic carbocycles. The van der Waals surface area contributed by atoms with Gasteiger partial charge < -0.3 is 40.7 Å². The molecule has 0 radical (unpaired) electrons. The summed E-state index contributed by atoms with van der Waals surface area (Å²) in [5, 5.41) is 0. The molecule has 0 unspecified atom stereocenters. The van der Waals surface area contributed by atoms with Crippen LogP contribution in [0, 0.1) is 21.7 Å². The Kier molecular flexibility index (Phi) is 32.0. The number of hydrogen-bond acceptors (Lipinski definition) is 9. The van der Waals surface area contributed by atoms with Gasteiger partial charge in [0, 0.05) is 6.54 Å². The summed E-state index contributed by atoms with van der Waals surface area (Å²) in [6, 6.07) is 0. The molecule has 0 fully saturated rings. The largest absolute Gasteiger partial charge is 1.00 e. The second-order valence-electron chi connectivity index (χ2n) is 16.0. The Labute approximate surface area is 308 Å². The van der Waals surface area contributed by atoms with Crippen molar-refractivity contribution in [1.82, 2.24) is 4.90 Å². The average Bonchev–Trinajstić information content (AvgIpc) is 3.00. The van der Waals surface area contributed by atoms with E-state index in [4.69, 9.17) is 14.2 Å². The van der Waals surface area contributed by atoms with Gasteiger partial charge in [0.15, 0.2) is 0 Å². The summed E-state index contributed by atoms with van der Waals surface area (Å²) < 4.78 is 20.8. The first kappa shape index (κ1) is 56.5. The van der Waals surface area contributed by atoms with E-state index in [1.54, 1.807) is 0 Å². The molecule has 0 spiro atoms. The van der Waals surface area contributed by atoms with Crippen LogP contribution in [0.4, 0.5) is 0 Å². The third-order valence-corrected chi connectivity index (χ3v) is 8.43. The van der Waals surface area contributed by atoms with Crippen LogP contribution in [0.5, 0.6) is 0 Å². The van der Waals surface area contributed by atoms with Crippen LogP contribution in [0.2, 0.25) is 0 Å². The van der Waals surface area contributed by atoms with Gasteiger partial charge in [0.2, 0.25) is 0 Å². The van der Waals surface area contributed by atoms with Crippen LogP contribution in [-0.4, -0.2) is 109 Å². The van der Waals surface area contributed by atoms with Crippen LogP contribution >= 0.6 is 0 Å². The predicted molar refractivity (Wildman–Crippen MR) is 198 cm³/mol. The number of rotatable bonds is 17. The number of unbranched alkanes of at least 4 members (excludes halogenated alkanes) is 1. The van der Waals surface area contributed by atoms with Crippen molar-refractivity contribution in [2.75, 3.05) is 75.3 Å². The van der Waals surface area contributed by atoms with Crippen molar-refractivity contribution in [2.45, 2.75) is 129 Å². The number of hydrogen-bond donors (Lipinski definition) is 0. The van der Waals surface area contributed by atoms with E-state index >= 15 is 0 Å². The molecule has 0 bridgehead atoms. The van der Waals surface area contributed by atoms with Crippen LogP contribution in [-0.2, 0) is 38.1 Å². The number of methoxy groups -OCH3 is 1. The first-order valence-electron chi connectivity index (χ1n) is 17.7. The second kappa shape index (κ2) is 27.8. The molecular formula is C38H79ClN2O8. The van der Waals surface area contributed by atoms with E-state index in [1.165, 1.54) is 7.11 Å². The van der Waals surface area contributed by atoms with Crippen LogP contribution in [0.3, 0.4) is 0 Å². The van der Waals surface area contributed by atoms with E-state index in [9.17, 15) is 19.2 Å². The monoisotopic (exact) mass is 727 g/mol. The Morgan fingerprint density at radius 2 is 0.857 bits per heavy atom. The summed E-state index contributed by atoms with van der Waals surface area (Å²) >= 11 is 0. The Morgan fingerprint density at radius 1 is 0.551 bits per heavy atom. The molecule has 0 saturated heterocycles. The summed E-state index contributed by atoms with van der Waals surface area (Å²) in [7, 11) is 11.6. The quantitative estimate of drug-likeness (QED) is 0.0923. The minimum Gasteiger partial charge on any atom is -1.00 e.